The summed E-state index contributed by atoms with van der Waals surface area (Å²) in [6, 6.07) is 0.613. The Morgan fingerprint density at radius 3 is 2.18 bits per heavy atom. The van der Waals surface area contributed by atoms with Gasteiger partial charge in [-0.05, 0) is 44.7 Å². The van der Waals surface area contributed by atoms with Crippen LogP contribution in [0.2, 0.25) is 0 Å². The smallest absolute Gasteiger partial charge is 0.0243 e. The van der Waals surface area contributed by atoms with Crippen molar-refractivity contribution in [2.75, 3.05) is 19.6 Å². The molecule has 1 heterocycles. The van der Waals surface area contributed by atoms with Gasteiger partial charge in [0.2, 0.25) is 0 Å². The maximum Gasteiger partial charge on any atom is 0.0243 e. The van der Waals surface area contributed by atoms with Gasteiger partial charge in [0.25, 0.3) is 0 Å². The van der Waals surface area contributed by atoms with E-state index < -0.39 is 0 Å². The minimum atomic E-state index is 0.352. The molecular formula is C15H32N2. The van der Waals surface area contributed by atoms with E-state index in [0.29, 0.717) is 17.0 Å². The molecule has 0 amide bonds. The van der Waals surface area contributed by atoms with Crippen molar-refractivity contribution in [3.8, 4) is 0 Å². The highest BCUT2D eigenvalue weighted by Crippen LogP contribution is 2.28. The van der Waals surface area contributed by atoms with Gasteiger partial charge in [-0.2, -0.15) is 0 Å². The lowest BCUT2D eigenvalue weighted by molar-refractivity contribution is 0.0758. The van der Waals surface area contributed by atoms with E-state index in [-0.39, 0.29) is 0 Å². The first-order valence-corrected chi connectivity index (χ1v) is 7.32. The van der Waals surface area contributed by atoms with Crippen LogP contribution < -0.4 is 5.32 Å². The Labute approximate surface area is 108 Å². The van der Waals surface area contributed by atoms with Crippen LogP contribution in [0.1, 0.15) is 60.8 Å². The van der Waals surface area contributed by atoms with E-state index >= 15 is 0 Å². The third-order valence-electron chi connectivity index (χ3n) is 4.73. The van der Waals surface area contributed by atoms with Crippen molar-refractivity contribution < 1.29 is 0 Å². The minimum Gasteiger partial charge on any atom is -0.312 e. The Morgan fingerprint density at radius 1 is 1.12 bits per heavy atom. The number of nitrogens with zero attached hydrogens (tertiary/aromatic N) is 1. The Hall–Kier alpha value is -0.0800. The molecule has 0 saturated carbocycles. The van der Waals surface area contributed by atoms with E-state index in [4.69, 9.17) is 0 Å². The molecule has 1 N–H and O–H groups in total. The van der Waals surface area contributed by atoms with Crippen molar-refractivity contribution in [2.45, 2.75) is 72.4 Å². The van der Waals surface area contributed by atoms with Crippen LogP contribution in [0.4, 0.5) is 0 Å². The van der Waals surface area contributed by atoms with Gasteiger partial charge in [-0.1, -0.05) is 34.6 Å². The fraction of sp³-hybridized carbons (Fsp3) is 1.00. The molecule has 0 bridgehead atoms. The lowest BCUT2D eigenvalue weighted by Gasteiger charge is -2.43. The summed E-state index contributed by atoms with van der Waals surface area (Å²) >= 11 is 0. The average Bonchev–Trinajstić information content (AvgIpc) is 2.53. The molecule has 0 aliphatic carbocycles. The van der Waals surface area contributed by atoms with Gasteiger partial charge in [0.15, 0.2) is 0 Å². The lowest BCUT2D eigenvalue weighted by Crippen LogP contribution is -2.53. The molecule has 2 nitrogen and oxygen atoms in total. The summed E-state index contributed by atoms with van der Waals surface area (Å²) in [6.07, 6.45) is 3.78. The molecule has 1 aliphatic heterocycles. The van der Waals surface area contributed by atoms with Crippen molar-refractivity contribution in [2.24, 2.45) is 5.41 Å². The van der Waals surface area contributed by atoms with Crippen LogP contribution in [0.15, 0.2) is 0 Å². The quantitative estimate of drug-likeness (QED) is 0.814. The predicted octanol–water partition coefficient (Wildman–Crippen LogP) is 3.28. The number of hydrogen-bond donors (Lipinski definition) is 1. The van der Waals surface area contributed by atoms with E-state index in [9.17, 15) is 0 Å². The lowest BCUT2D eigenvalue weighted by atomic mass is 9.85. The summed E-state index contributed by atoms with van der Waals surface area (Å²) < 4.78 is 0. The molecule has 0 aromatic rings. The molecule has 17 heavy (non-hydrogen) atoms. The Balaban J connectivity index is 2.79. The molecule has 0 radical (unpaired) electrons. The third-order valence-corrected chi connectivity index (χ3v) is 4.73. The molecule has 1 fully saturated rings. The second-order valence-corrected chi connectivity index (χ2v) is 6.88. The maximum absolute atomic E-state index is 3.73. The number of nitrogens with one attached hydrogen (secondary N) is 1. The first kappa shape index (κ1) is 15.0. The second-order valence-electron chi connectivity index (χ2n) is 6.88. The Morgan fingerprint density at radius 2 is 1.71 bits per heavy atom. The summed E-state index contributed by atoms with van der Waals surface area (Å²) in [7, 11) is 0. The van der Waals surface area contributed by atoms with Gasteiger partial charge in [-0.3, -0.25) is 4.90 Å². The van der Waals surface area contributed by atoms with Gasteiger partial charge in [-0.15, -0.1) is 0 Å². The molecule has 1 saturated heterocycles. The van der Waals surface area contributed by atoms with Crippen molar-refractivity contribution in [3.63, 3.8) is 0 Å². The average molecular weight is 240 g/mol. The summed E-state index contributed by atoms with van der Waals surface area (Å²) in [5.74, 6) is 0. The van der Waals surface area contributed by atoms with E-state index in [1.807, 2.05) is 0 Å². The fourth-order valence-corrected chi connectivity index (χ4v) is 2.69. The molecule has 0 aromatic carbocycles. The van der Waals surface area contributed by atoms with E-state index in [2.05, 4.69) is 51.8 Å². The van der Waals surface area contributed by atoms with Gasteiger partial charge in [0.05, 0.1) is 0 Å². The molecule has 1 rings (SSSR count). The molecule has 1 aliphatic rings. The zero-order chi connectivity index (χ0) is 13.1. The highest BCUT2D eigenvalue weighted by molar-refractivity contribution is 4.92. The van der Waals surface area contributed by atoms with Crippen LogP contribution in [0.25, 0.3) is 0 Å². The second kappa shape index (κ2) is 5.71. The van der Waals surface area contributed by atoms with Crippen molar-refractivity contribution in [1.82, 2.24) is 10.2 Å². The van der Waals surface area contributed by atoms with E-state index in [0.717, 1.165) is 0 Å². The number of hydrogen-bond acceptors (Lipinski definition) is 2. The van der Waals surface area contributed by atoms with Gasteiger partial charge in [0.1, 0.15) is 0 Å². The highest BCUT2D eigenvalue weighted by Gasteiger charge is 2.34. The van der Waals surface area contributed by atoms with Gasteiger partial charge in [-0.25, -0.2) is 0 Å². The Kier molecular flexibility index (Phi) is 5.03. The largest absolute Gasteiger partial charge is 0.312 e. The number of rotatable bonds is 3. The third kappa shape index (κ3) is 3.69. The molecule has 1 unspecified atom stereocenters. The molecule has 1 atom stereocenters. The normalized spacial score (nSPS) is 24.7. The van der Waals surface area contributed by atoms with Crippen LogP contribution in [0.5, 0.6) is 0 Å². The van der Waals surface area contributed by atoms with Crippen LogP contribution >= 0.6 is 0 Å². The monoisotopic (exact) mass is 240 g/mol. The summed E-state index contributed by atoms with van der Waals surface area (Å²) in [4.78, 5) is 2.73. The molecule has 2 heteroatoms. The first-order chi connectivity index (χ1) is 7.83. The zero-order valence-electron chi connectivity index (χ0n) is 12.8. The van der Waals surface area contributed by atoms with Crippen LogP contribution in [-0.2, 0) is 0 Å². The van der Waals surface area contributed by atoms with Gasteiger partial charge in [0, 0.05) is 18.1 Å². The van der Waals surface area contributed by atoms with Crippen molar-refractivity contribution in [1.29, 1.82) is 0 Å². The Bertz CT molecular complexity index is 226. The van der Waals surface area contributed by atoms with Gasteiger partial charge >= 0.3 is 0 Å². The topological polar surface area (TPSA) is 15.3 Å². The molecule has 0 aromatic heterocycles. The standard InChI is InChI=1S/C15H32N2/c1-7-15(6,8-2)17-11-9-10-16-13(12-17)14(3,4)5/h13,16H,7-12H2,1-6H3. The summed E-state index contributed by atoms with van der Waals surface area (Å²) in [6.45, 7) is 17.7. The first-order valence-electron chi connectivity index (χ1n) is 7.32. The zero-order valence-corrected chi connectivity index (χ0v) is 12.8. The van der Waals surface area contributed by atoms with Crippen molar-refractivity contribution >= 4 is 0 Å². The van der Waals surface area contributed by atoms with Crippen LogP contribution in [0.3, 0.4) is 0 Å². The summed E-state index contributed by atoms with van der Waals surface area (Å²) in [5.41, 5.74) is 0.737. The minimum absolute atomic E-state index is 0.352. The highest BCUT2D eigenvalue weighted by atomic mass is 15.2. The predicted molar refractivity (Wildman–Crippen MR) is 76.4 cm³/mol. The van der Waals surface area contributed by atoms with Crippen LogP contribution in [-0.4, -0.2) is 36.1 Å². The maximum atomic E-state index is 3.73. The molecular weight excluding hydrogens is 208 g/mol. The SMILES string of the molecule is CCC(C)(CC)N1CCCNC(C(C)(C)C)C1. The fourth-order valence-electron chi connectivity index (χ4n) is 2.69. The van der Waals surface area contributed by atoms with Gasteiger partial charge < -0.3 is 5.32 Å². The van der Waals surface area contributed by atoms with Crippen LogP contribution in [0, 0.1) is 5.41 Å². The molecule has 0 spiro atoms. The summed E-state index contributed by atoms with van der Waals surface area (Å²) in [5, 5.41) is 3.73. The molecule has 102 valence electrons. The van der Waals surface area contributed by atoms with Crippen molar-refractivity contribution in [3.05, 3.63) is 0 Å². The van der Waals surface area contributed by atoms with E-state index in [1.165, 1.54) is 38.9 Å². The van der Waals surface area contributed by atoms with E-state index in [1.54, 1.807) is 0 Å².